The zero-order chi connectivity index (χ0) is 20.7. The molecular weight excluding hydrogens is 358 g/mol. The maximum Gasteiger partial charge on any atom is 0.323 e. The largest absolute Gasteiger partial charge is 0.480 e. The van der Waals surface area contributed by atoms with E-state index in [0.29, 0.717) is 32.5 Å². The van der Waals surface area contributed by atoms with Crippen LogP contribution >= 0.6 is 0 Å². The number of rotatable bonds is 7. The van der Waals surface area contributed by atoms with Gasteiger partial charge in [-0.25, -0.2) is 0 Å². The smallest absolute Gasteiger partial charge is 0.323 e. The summed E-state index contributed by atoms with van der Waals surface area (Å²) >= 11 is 0. The molecule has 1 saturated heterocycles. The third kappa shape index (κ3) is 6.05. The average Bonchev–Trinajstić information content (AvgIpc) is 2.91. The number of hydrogen-bond donors (Lipinski definition) is 1. The highest BCUT2D eigenvalue weighted by atomic mass is 16.4. The van der Waals surface area contributed by atoms with Crippen LogP contribution in [0.4, 0.5) is 0 Å². The summed E-state index contributed by atoms with van der Waals surface area (Å²) in [5, 5.41) is 9.06. The molecule has 1 heterocycles. The van der Waals surface area contributed by atoms with E-state index >= 15 is 0 Å². The fraction of sp³-hybridized carbons (Fsp3) is 0.571. The van der Waals surface area contributed by atoms with Crippen molar-refractivity contribution in [3.63, 3.8) is 0 Å². The van der Waals surface area contributed by atoms with Crippen molar-refractivity contribution >= 4 is 17.8 Å². The maximum atomic E-state index is 13.0. The first kappa shape index (κ1) is 21.9. The molecule has 2 rings (SSSR count). The normalized spacial score (nSPS) is 18.4. The van der Waals surface area contributed by atoms with E-state index in [1.807, 2.05) is 54.1 Å². The van der Waals surface area contributed by atoms with Crippen LogP contribution < -0.4 is 0 Å². The van der Waals surface area contributed by atoms with E-state index in [9.17, 15) is 14.4 Å². The standard InChI is InChI=1S/C21H31N3O4/c1-16(22(3)14-18-8-5-4-6-9-18)21(28)23-12-7-10-19(11-13-23)24(17(2)25)15-20(26)27/h4-6,8-9,16,19H,7,10-15H2,1-3H3,(H,26,27). The topological polar surface area (TPSA) is 81.2 Å². The van der Waals surface area contributed by atoms with E-state index in [1.54, 1.807) is 0 Å². The molecule has 0 saturated carbocycles. The van der Waals surface area contributed by atoms with Crippen molar-refractivity contribution in [3.05, 3.63) is 35.9 Å². The number of benzene rings is 1. The molecule has 0 aliphatic carbocycles. The molecule has 0 bridgehead atoms. The second-order valence-corrected chi connectivity index (χ2v) is 7.53. The predicted molar refractivity (Wildman–Crippen MR) is 107 cm³/mol. The van der Waals surface area contributed by atoms with Crippen molar-refractivity contribution in [1.29, 1.82) is 0 Å². The van der Waals surface area contributed by atoms with Crippen LogP contribution in [0.25, 0.3) is 0 Å². The Morgan fingerprint density at radius 3 is 2.46 bits per heavy atom. The van der Waals surface area contributed by atoms with Crippen molar-refractivity contribution in [2.24, 2.45) is 0 Å². The Hall–Kier alpha value is -2.41. The zero-order valence-corrected chi connectivity index (χ0v) is 17.0. The molecule has 154 valence electrons. The van der Waals surface area contributed by atoms with Gasteiger partial charge in [-0.15, -0.1) is 0 Å². The molecule has 1 aromatic rings. The summed E-state index contributed by atoms with van der Waals surface area (Å²) < 4.78 is 0. The Bertz CT molecular complexity index is 679. The number of nitrogens with zero attached hydrogens (tertiary/aromatic N) is 3. The minimum absolute atomic E-state index is 0.0756. The number of amides is 2. The van der Waals surface area contributed by atoms with Gasteiger partial charge in [0.05, 0.1) is 6.04 Å². The second-order valence-electron chi connectivity index (χ2n) is 7.53. The van der Waals surface area contributed by atoms with Crippen molar-refractivity contribution < 1.29 is 19.5 Å². The monoisotopic (exact) mass is 389 g/mol. The van der Waals surface area contributed by atoms with Gasteiger partial charge >= 0.3 is 5.97 Å². The van der Waals surface area contributed by atoms with Gasteiger partial charge in [0.25, 0.3) is 0 Å². The fourth-order valence-electron chi connectivity index (χ4n) is 3.72. The van der Waals surface area contributed by atoms with E-state index < -0.39 is 5.97 Å². The molecule has 2 amide bonds. The van der Waals surface area contributed by atoms with Crippen LogP contribution in [-0.4, -0.2) is 76.4 Å². The van der Waals surface area contributed by atoms with Gasteiger partial charge in [-0.1, -0.05) is 30.3 Å². The van der Waals surface area contributed by atoms with E-state index in [0.717, 1.165) is 12.0 Å². The molecule has 0 aromatic heterocycles. The third-order valence-corrected chi connectivity index (χ3v) is 5.45. The lowest BCUT2D eigenvalue weighted by Gasteiger charge is -2.31. The molecule has 1 aliphatic rings. The minimum atomic E-state index is -1.01. The van der Waals surface area contributed by atoms with Crippen LogP contribution in [0.1, 0.15) is 38.7 Å². The molecule has 28 heavy (non-hydrogen) atoms. The van der Waals surface area contributed by atoms with Gasteiger partial charge in [-0.3, -0.25) is 19.3 Å². The molecule has 0 spiro atoms. The number of carboxylic acids is 1. The summed E-state index contributed by atoms with van der Waals surface area (Å²) in [6, 6.07) is 9.65. The Balaban J connectivity index is 1.95. The van der Waals surface area contributed by atoms with Crippen LogP contribution in [0.2, 0.25) is 0 Å². The second kappa shape index (κ2) is 10.2. The SMILES string of the molecule is CC(=O)N(CC(=O)O)C1CCCN(C(=O)C(C)N(C)Cc2ccccc2)CC1. The molecule has 1 N–H and O–H groups in total. The van der Waals surface area contributed by atoms with E-state index in [4.69, 9.17) is 5.11 Å². The lowest BCUT2D eigenvalue weighted by atomic mass is 10.1. The van der Waals surface area contributed by atoms with Crippen LogP contribution in [0.3, 0.4) is 0 Å². The number of likely N-dealkylation sites (tertiary alicyclic amines) is 1. The van der Waals surface area contributed by atoms with Crippen LogP contribution in [-0.2, 0) is 20.9 Å². The van der Waals surface area contributed by atoms with Crippen molar-refractivity contribution in [2.45, 2.75) is 51.7 Å². The number of aliphatic carboxylic acids is 1. The molecule has 7 nitrogen and oxygen atoms in total. The summed E-state index contributed by atoms with van der Waals surface area (Å²) in [6.07, 6.45) is 2.08. The third-order valence-electron chi connectivity index (χ3n) is 5.45. The summed E-state index contributed by atoms with van der Waals surface area (Å²) in [5.41, 5.74) is 1.16. The van der Waals surface area contributed by atoms with E-state index in [-0.39, 0.29) is 30.4 Å². The molecule has 0 radical (unpaired) electrons. The van der Waals surface area contributed by atoms with Gasteiger partial charge in [0.1, 0.15) is 6.54 Å². The Morgan fingerprint density at radius 2 is 1.86 bits per heavy atom. The molecule has 2 unspecified atom stereocenters. The first-order chi connectivity index (χ1) is 13.3. The van der Waals surface area contributed by atoms with E-state index in [2.05, 4.69) is 0 Å². The van der Waals surface area contributed by atoms with Gasteiger partial charge < -0.3 is 14.9 Å². The number of carbonyl (C=O) groups excluding carboxylic acids is 2. The van der Waals surface area contributed by atoms with Crippen molar-refractivity contribution in [1.82, 2.24) is 14.7 Å². The number of carbonyl (C=O) groups is 3. The molecule has 1 fully saturated rings. The highest BCUT2D eigenvalue weighted by Gasteiger charge is 2.30. The van der Waals surface area contributed by atoms with Crippen LogP contribution in [0.15, 0.2) is 30.3 Å². The lowest BCUT2D eigenvalue weighted by Crippen LogP contribution is -2.46. The van der Waals surface area contributed by atoms with E-state index in [1.165, 1.54) is 11.8 Å². The Labute approximate surface area is 166 Å². The van der Waals surface area contributed by atoms with Crippen LogP contribution in [0, 0.1) is 0 Å². The lowest BCUT2D eigenvalue weighted by molar-refractivity contribution is -0.145. The van der Waals surface area contributed by atoms with Crippen LogP contribution in [0.5, 0.6) is 0 Å². The molecular formula is C21H31N3O4. The summed E-state index contributed by atoms with van der Waals surface area (Å²) in [5.74, 6) is -1.17. The highest BCUT2D eigenvalue weighted by molar-refractivity contribution is 5.82. The minimum Gasteiger partial charge on any atom is -0.480 e. The summed E-state index contributed by atoms with van der Waals surface area (Å²) in [6.45, 7) is 4.90. The summed E-state index contributed by atoms with van der Waals surface area (Å²) in [7, 11) is 1.94. The molecule has 1 aliphatic heterocycles. The fourth-order valence-corrected chi connectivity index (χ4v) is 3.72. The van der Waals surface area contributed by atoms with Crippen molar-refractivity contribution in [3.8, 4) is 0 Å². The number of carboxylic acid groups (broad SMARTS) is 1. The Morgan fingerprint density at radius 1 is 1.18 bits per heavy atom. The van der Waals surface area contributed by atoms with Gasteiger partial charge in [0, 0.05) is 32.6 Å². The van der Waals surface area contributed by atoms with Gasteiger partial charge in [-0.05, 0) is 38.8 Å². The van der Waals surface area contributed by atoms with Gasteiger partial charge in [0.15, 0.2) is 0 Å². The average molecular weight is 389 g/mol. The number of likely N-dealkylation sites (N-methyl/N-ethyl adjacent to an activating group) is 1. The maximum absolute atomic E-state index is 13.0. The Kier molecular flexibility index (Phi) is 7.99. The van der Waals surface area contributed by atoms with Crippen molar-refractivity contribution in [2.75, 3.05) is 26.7 Å². The van der Waals surface area contributed by atoms with Gasteiger partial charge in [0.2, 0.25) is 11.8 Å². The summed E-state index contributed by atoms with van der Waals surface area (Å²) in [4.78, 5) is 41.2. The first-order valence-corrected chi connectivity index (χ1v) is 9.81. The zero-order valence-electron chi connectivity index (χ0n) is 17.0. The highest BCUT2D eigenvalue weighted by Crippen LogP contribution is 2.19. The molecule has 7 heteroatoms. The molecule has 1 aromatic carbocycles. The van der Waals surface area contributed by atoms with Gasteiger partial charge in [-0.2, -0.15) is 0 Å². The molecule has 2 atom stereocenters. The predicted octanol–water partition coefficient (Wildman–Crippen LogP) is 1.82. The first-order valence-electron chi connectivity index (χ1n) is 9.81. The quantitative estimate of drug-likeness (QED) is 0.769. The number of hydrogen-bond acceptors (Lipinski definition) is 4.